The van der Waals surface area contributed by atoms with Gasteiger partial charge in [-0.15, -0.1) is 0 Å². The zero-order valence-electron chi connectivity index (χ0n) is 12.3. The van der Waals surface area contributed by atoms with Crippen molar-refractivity contribution in [2.24, 2.45) is 5.92 Å². The van der Waals surface area contributed by atoms with E-state index >= 15 is 0 Å². The average Bonchev–Trinajstić information content (AvgIpc) is 2.41. The zero-order valence-corrected chi connectivity index (χ0v) is 12.3. The second-order valence-electron chi connectivity index (χ2n) is 4.78. The molecule has 21 heavy (non-hydrogen) atoms. The van der Waals surface area contributed by atoms with Crippen LogP contribution in [-0.2, 0) is 9.53 Å². The molecule has 0 saturated heterocycles. The molecule has 1 aromatic rings. The fraction of sp³-hybridized carbons (Fsp3) is 0.438. The van der Waals surface area contributed by atoms with E-state index < -0.39 is 5.82 Å². The summed E-state index contributed by atoms with van der Waals surface area (Å²) in [6, 6.07) is 4.35. The number of hydrogen-bond acceptors (Lipinski definition) is 3. The highest BCUT2D eigenvalue weighted by Crippen LogP contribution is 2.15. The quantitative estimate of drug-likeness (QED) is 0.790. The Bertz CT molecular complexity index is 534. The van der Waals surface area contributed by atoms with Gasteiger partial charge in [0.1, 0.15) is 5.82 Å². The van der Waals surface area contributed by atoms with Gasteiger partial charge in [-0.25, -0.2) is 4.39 Å². The minimum Gasteiger partial charge on any atom is -0.395 e. The van der Waals surface area contributed by atoms with Crippen LogP contribution >= 0.6 is 0 Å². The van der Waals surface area contributed by atoms with Gasteiger partial charge >= 0.3 is 0 Å². The Hall–Kier alpha value is -1.90. The van der Waals surface area contributed by atoms with E-state index in [0.717, 1.165) is 0 Å². The van der Waals surface area contributed by atoms with Gasteiger partial charge in [-0.05, 0) is 24.1 Å². The number of carbonyl (C=O) groups excluding carboxylic acids is 1. The summed E-state index contributed by atoms with van der Waals surface area (Å²) in [6.07, 6.45) is 0.614. The lowest BCUT2D eigenvalue weighted by atomic mass is 10.1. The number of methoxy groups -OCH3 is 1. The van der Waals surface area contributed by atoms with Gasteiger partial charge in [-0.1, -0.05) is 18.8 Å². The molecule has 1 amide bonds. The van der Waals surface area contributed by atoms with Crippen molar-refractivity contribution in [3.05, 3.63) is 29.6 Å². The van der Waals surface area contributed by atoms with Crippen LogP contribution in [0, 0.1) is 23.6 Å². The molecule has 0 aliphatic carbocycles. The maximum atomic E-state index is 13.8. The third kappa shape index (κ3) is 6.39. The van der Waals surface area contributed by atoms with Crippen molar-refractivity contribution in [1.29, 1.82) is 0 Å². The predicted octanol–water partition coefficient (Wildman–Crippen LogP) is 2.17. The second kappa shape index (κ2) is 9.11. The van der Waals surface area contributed by atoms with Gasteiger partial charge in [0.2, 0.25) is 5.91 Å². The molecule has 2 N–H and O–H groups in total. The summed E-state index contributed by atoms with van der Waals surface area (Å²) in [5.41, 5.74) is 0.643. The molecule has 1 unspecified atom stereocenters. The number of aliphatic hydroxyl groups is 1. The predicted molar refractivity (Wildman–Crippen MR) is 79.3 cm³/mol. The van der Waals surface area contributed by atoms with Gasteiger partial charge in [0, 0.05) is 32.2 Å². The number of aliphatic hydroxyl groups excluding tert-OH is 1. The Labute approximate surface area is 124 Å². The molecule has 0 heterocycles. The van der Waals surface area contributed by atoms with Crippen LogP contribution in [0.25, 0.3) is 0 Å². The zero-order chi connectivity index (χ0) is 15.7. The van der Waals surface area contributed by atoms with Crippen LogP contribution in [-0.4, -0.2) is 31.3 Å². The Kier molecular flexibility index (Phi) is 7.44. The third-order valence-corrected chi connectivity index (χ3v) is 2.70. The van der Waals surface area contributed by atoms with E-state index in [1.165, 1.54) is 12.1 Å². The van der Waals surface area contributed by atoms with Crippen molar-refractivity contribution in [3.63, 3.8) is 0 Å². The van der Waals surface area contributed by atoms with Crippen LogP contribution in [0.15, 0.2) is 18.2 Å². The molecule has 4 nitrogen and oxygen atoms in total. The number of nitrogens with one attached hydrogen (secondary N) is 1. The monoisotopic (exact) mass is 293 g/mol. The number of ether oxygens (including phenoxy) is 1. The van der Waals surface area contributed by atoms with Crippen molar-refractivity contribution in [1.82, 2.24) is 0 Å². The third-order valence-electron chi connectivity index (χ3n) is 2.70. The van der Waals surface area contributed by atoms with Gasteiger partial charge < -0.3 is 15.2 Å². The summed E-state index contributed by atoms with van der Waals surface area (Å²) < 4.78 is 18.7. The summed E-state index contributed by atoms with van der Waals surface area (Å²) >= 11 is 0. The first-order chi connectivity index (χ1) is 10.1. The number of halogens is 1. The summed E-state index contributed by atoms with van der Waals surface area (Å²) in [6.45, 7) is 2.35. The summed E-state index contributed by atoms with van der Waals surface area (Å²) in [4.78, 5) is 11.8. The number of anilines is 1. The van der Waals surface area contributed by atoms with E-state index in [0.29, 0.717) is 25.1 Å². The molecule has 0 aliphatic heterocycles. The van der Waals surface area contributed by atoms with Crippen LogP contribution in [0.2, 0.25) is 0 Å². The maximum absolute atomic E-state index is 13.8. The molecule has 0 fully saturated rings. The van der Waals surface area contributed by atoms with E-state index in [9.17, 15) is 9.18 Å². The van der Waals surface area contributed by atoms with Gasteiger partial charge in [-0.2, -0.15) is 0 Å². The number of benzene rings is 1. The van der Waals surface area contributed by atoms with E-state index in [4.69, 9.17) is 9.84 Å². The van der Waals surface area contributed by atoms with E-state index in [2.05, 4.69) is 17.2 Å². The highest BCUT2D eigenvalue weighted by molar-refractivity contribution is 5.90. The molecule has 0 bridgehead atoms. The SMILES string of the molecule is COCC(C)CC(=O)Nc1ccc(C#CCCO)c(F)c1. The van der Waals surface area contributed by atoms with E-state index in [1.807, 2.05) is 6.92 Å². The van der Waals surface area contributed by atoms with Crippen LogP contribution in [0.5, 0.6) is 0 Å². The highest BCUT2D eigenvalue weighted by atomic mass is 19.1. The second-order valence-corrected chi connectivity index (χ2v) is 4.78. The Morgan fingerprint density at radius 1 is 1.52 bits per heavy atom. The molecule has 1 aromatic carbocycles. The van der Waals surface area contributed by atoms with Gasteiger partial charge in [0.25, 0.3) is 0 Å². The first-order valence-corrected chi connectivity index (χ1v) is 6.75. The number of carbonyl (C=O) groups is 1. The van der Waals surface area contributed by atoms with E-state index in [-0.39, 0.29) is 24.0 Å². The minimum absolute atomic E-state index is 0.0532. The number of hydrogen-bond donors (Lipinski definition) is 2. The molecular formula is C16H20FNO3. The Morgan fingerprint density at radius 3 is 2.90 bits per heavy atom. The maximum Gasteiger partial charge on any atom is 0.224 e. The van der Waals surface area contributed by atoms with Crippen molar-refractivity contribution in [2.45, 2.75) is 19.8 Å². The van der Waals surface area contributed by atoms with Crippen molar-refractivity contribution in [2.75, 3.05) is 25.6 Å². The van der Waals surface area contributed by atoms with Crippen molar-refractivity contribution in [3.8, 4) is 11.8 Å². The molecule has 0 aliphatic rings. The lowest BCUT2D eigenvalue weighted by molar-refractivity contribution is -0.117. The van der Waals surface area contributed by atoms with Crippen LogP contribution in [0.3, 0.4) is 0 Å². The minimum atomic E-state index is -0.497. The van der Waals surface area contributed by atoms with Crippen molar-refractivity contribution < 1.29 is 19.0 Å². The van der Waals surface area contributed by atoms with E-state index in [1.54, 1.807) is 13.2 Å². The smallest absolute Gasteiger partial charge is 0.224 e. The highest BCUT2D eigenvalue weighted by Gasteiger charge is 2.10. The van der Waals surface area contributed by atoms with Gasteiger partial charge in [0.15, 0.2) is 0 Å². The fourth-order valence-corrected chi connectivity index (χ4v) is 1.78. The lowest BCUT2D eigenvalue weighted by Gasteiger charge is -2.10. The molecule has 0 saturated carbocycles. The molecule has 0 radical (unpaired) electrons. The molecule has 5 heteroatoms. The Morgan fingerprint density at radius 2 is 2.29 bits per heavy atom. The Balaban J connectivity index is 2.63. The lowest BCUT2D eigenvalue weighted by Crippen LogP contribution is -2.17. The first kappa shape index (κ1) is 17.2. The fourth-order valence-electron chi connectivity index (χ4n) is 1.78. The number of amides is 1. The van der Waals surface area contributed by atoms with Gasteiger partial charge in [-0.3, -0.25) is 4.79 Å². The standard InChI is InChI=1S/C16H20FNO3/c1-12(11-21-2)9-16(20)18-14-7-6-13(15(17)10-14)5-3-4-8-19/h6-7,10,12,19H,4,8-9,11H2,1-2H3,(H,18,20). The molecular weight excluding hydrogens is 273 g/mol. The molecule has 114 valence electrons. The molecule has 0 aromatic heterocycles. The topological polar surface area (TPSA) is 58.6 Å². The summed E-state index contributed by atoms with van der Waals surface area (Å²) in [5.74, 6) is 4.70. The van der Waals surface area contributed by atoms with Crippen molar-refractivity contribution >= 4 is 11.6 Å². The largest absolute Gasteiger partial charge is 0.395 e. The van der Waals surface area contributed by atoms with Gasteiger partial charge in [0.05, 0.1) is 12.2 Å². The normalized spacial score (nSPS) is 11.4. The summed E-state index contributed by atoms with van der Waals surface area (Å²) in [5, 5.41) is 11.3. The van der Waals surface area contributed by atoms with Crippen LogP contribution < -0.4 is 5.32 Å². The van der Waals surface area contributed by atoms with Crippen LogP contribution in [0.4, 0.5) is 10.1 Å². The first-order valence-electron chi connectivity index (χ1n) is 6.75. The number of rotatable bonds is 6. The molecule has 0 spiro atoms. The molecule has 1 atom stereocenters. The molecule has 1 rings (SSSR count). The summed E-state index contributed by atoms with van der Waals surface area (Å²) in [7, 11) is 1.58. The van der Waals surface area contributed by atoms with Crippen LogP contribution in [0.1, 0.15) is 25.3 Å². The average molecular weight is 293 g/mol.